The van der Waals surface area contributed by atoms with Gasteiger partial charge in [0.2, 0.25) is 0 Å². The molecule has 0 aromatic heterocycles. The smallest absolute Gasteiger partial charge is 0.142 e. The highest BCUT2D eigenvalue weighted by Gasteiger charge is 2.27. The normalized spacial score (nSPS) is 16.5. The number of fused-ring (bicyclic) bond motifs is 1. The minimum Gasteiger partial charge on any atom is -0.384 e. The van der Waals surface area contributed by atoms with E-state index in [4.69, 9.17) is 0 Å². The summed E-state index contributed by atoms with van der Waals surface area (Å²) in [6.45, 7) is 3.04. The lowest BCUT2D eigenvalue weighted by Crippen LogP contribution is -2.14. The molecule has 0 spiro atoms. The van der Waals surface area contributed by atoms with Gasteiger partial charge in [0.25, 0.3) is 0 Å². The Labute approximate surface area is 129 Å². The molecule has 0 saturated heterocycles. The summed E-state index contributed by atoms with van der Waals surface area (Å²) in [5, 5.41) is 3.34. The van der Waals surface area contributed by atoms with Gasteiger partial charge >= 0.3 is 0 Å². The van der Waals surface area contributed by atoms with Gasteiger partial charge in [0.1, 0.15) is 5.78 Å². The van der Waals surface area contributed by atoms with E-state index in [1.54, 1.807) is 0 Å². The number of benzene rings is 1. The molecule has 1 aromatic carbocycles. The van der Waals surface area contributed by atoms with Crippen molar-refractivity contribution in [3.63, 3.8) is 0 Å². The number of anilines is 1. The van der Waals surface area contributed by atoms with Crippen molar-refractivity contribution in [2.75, 3.05) is 11.9 Å². The molecule has 1 atom stereocenters. The summed E-state index contributed by atoms with van der Waals surface area (Å²) >= 11 is 0. The molecule has 2 heteroatoms. The van der Waals surface area contributed by atoms with Crippen LogP contribution in [0.5, 0.6) is 0 Å². The van der Waals surface area contributed by atoms with Crippen LogP contribution >= 0.6 is 0 Å². The van der Waals surface area contributed by atoms with Crippen molar-refractivity contribution >= 4 is 11.5 Å². The van der Waals surface area contributed by atoms with E-state index in [2.05, 4.69) is 24.4 Å². The first kappa shape index (κ1) is 16.1. The summed E-state index contributed by atoms with van der Waals surface area (Å²) in [5.74, 6) is 0.504. The van der Waals surface area contributed by atoms with E-state index < -0.39 is 0 Å². The lowest BCUT2D eigenvalue weighted by molar-refractivity contribution is -0.120. The molecule has 2 rings (SSSR count). The van der Waals surface area contributed by atoms with Crippen LogP contribution < -0.4 is 5.32 Å². The van der Waals surface area contributed by atoms with Gasteiger partial charge in [-0.05, 0) is 18.1 Å². The number of Topliss-reactive ketones (excluding diaryl/α,β-unsaturated/α-hetero) is 1. The van der Waals surface area contributed by atoms with Crippen molar-refractivity contribution in [3.05, 3.63) is 29.8 Å². The van der Waals surface area contributed by atoms with Gasteiger partial charge in [-0.15, -0.1) is 0 Å². The lowest BCUT2D eigenvalue weighted by atomic mass is 9.93. The third-order valence-electron chi connectivity index (χ3n) is 4.50. The fraction of sp³-hybridized carbons (Fsp3) is 0.632. The molecule has 2 nitrogen and oxygen atoms in total. The Kier molecular flexibility index (Phi) is 6.78. The number of hydrogen-bond donors (Lipinski definition) is 1. The standard InChI is InChI=1S/C19H29NO/c1-2-3-4-5-6-7-8-9-14-19(21)17-15-20-18-13-11-10-12-16(17)18/h10-13,17,20H,2-9,14-15H2,1H3. The topological polar surface area (TPSA) is 29.1 Å². The minimum absolute atomic E-state index is 0.0887. The van der Waals surface area contributed by atoms with E-state index in [1.807, 2.05) is 12.1 Å². The van der Waals surface area contributed by atoms with Crippen molar-refractivity contribution in [2.24, 2.45) is 0 Å². The number of carbonyl (C=O) groups excluding carboxylic acids is 1. The molecule has 0 amide bonds. The lowest BCUT2D eigenvalue weighted by Gasteiger charge is -2.09. The van der Waals surface area contributed by atoms with E-state index in [0.29, 0.717) is 5.78 Å². The Morgan fingerprint density at radius 2 is 1.71 bits per heavy atom. The van der Waals surface area contributed by atoms with Gasteiger partial charge in [-0.25, -0.2) is 0 Å². The zero-order valence-electron chi connectivity index (χ0n) is 13.4. The van der Waals surface area contributed by atoms with Crippen molar-refractivity contribution in [3.8, 4) is 0 Å². The van der Waals surface area contributed by atoms with Gasteiger partial charge < -0.3 is 5.32 Å². The van der Waals surface area contributed by atoms with Crippen molar-refractivity contribution in [2.45, 2.75) is 70.6 Å². The molecule has 1 aliphatic rings. The predicted molar refractivity (Wildman–Crippen MR) is 89.9 cm³/mol. The first-order valence-corrected chi connectivity index (χ1v) is 8.68. The number of para-hydroxylation sites is 1. The number of carbonyl (C=O) groups is 1. The fourth-order valence-electron chi connectivity index (χ4n) is 3.18. The largest absolute Gasteiger partial charge is 0.384 e. The van der Waals surface area contributed by atoms with Crippen LogP contribution in [0.15, 0.2) is 24.3 Å². The summed E-state index contributed by atoms with van der Waals surface area (Å²) in [6.07, 6.45) is 11.1. The van der Waals surface area contributed by atoms with Gasteiger partial charge in [0, 0.05) is 18.7 Å². The molecule has 0 saturated carbocycles. The van der Waals surface area contributed by atoms with Crippen LogP contribution in [0.25, 0.3) is 0 Å². The molecular formula is C19H29NO. The van der Waals surface area contributed by atoms with Crippen molar-refractivity contribution < 1.29 is 4.79 Å². The van der Waals surface area contributed by atoms with E-state index in [9.17, 15) is 4.79 Å². The molecule has 1 aliphatic heterocycles. The highest BCUT2D eigenvalue weighted by Crippen LogP contribution is 2.32. The Bertz CT molecular complexity index is 441. The Morgan fingerprint density at radius 3 is 2.48 bits per heavy atom. The Hall–Kier alpha value is -1.31. The van der Waals surface area contributed by atoms with Gasteiger partial charge in [-0.2, -0.15) is 0 Å². The van der Waals surface area contributed by atoms with Crippen LogP contribution in [-0.2, 0) is 4.79 Å². The molecule has 1 heterocycles. The average molecular weight is 287 g/mol. The van der Waals surface area contributed by atoms with Gasteiger partial charge in [-0.3, -0.25) is 4.79 Å². The van der Waals surface area contributed by atoms with Gasteiger partial charge in [0.15, 0.2) is 0 Å². The van der Waals surface area contributed by atoms with Crippen molar-refractivity contribution in [1.29, 1.82) is 0 Å². The summed E-state index contributed by atoms with van der Waals surface area (Å²) in [6, 6.07) is 8.21. The molecule has 116 valence electrons. The monoisotopic (exact) mass is 287 g/mol. The summed E-state index contributed by atoms with van der Waals surface area (Å²) < 4.78 is 0. The zero-order chi connectivity index (χ0) is 14.9. The Balaban J connectivity index is 1.61. The number of unbranched alkanes of at least 4 members (excludes halogenated alkanes) is 7. The number of rotatable bonds is 10. The van der Waals surface area contributed by atoms with Gasteiger partial charge in [-0.1, -0.05) is 70.1 Å². The molecule has 1 N–H and O–H groups in total. The highest BCUT2D eigenvalue weighted by atomic mass is 16.1. The van der Waals surface area contributed by atoms with Crippen LogP contribution in [0.4, 0.5) is 5.69 Å². The van der Waals surface area contributed by atoms with Gasteiger partial charge in [0.05, 0.1) is 5.92 Å². The molecule has 0 bridgehead atoms. The van der Waals surface area contributed by atoms with Crippen LogP contribution in [0.2, 0.25) is 0 Å². The molecule has 0 fully saturated rings. The maximum Gasteiger partial charge on any atom is 0.142 e. The maximum atomic E-state index is 12.3. The SMILES string of the molecule is CCCCCCCCCCC(=O)C1CNc2ccccc21. The average Bonchev–Trinajstić information content (AvgIpc) is 2.94. The number of nitrogens with one attached hydrogen (secondary N) is 1. The van der Waals surface area contributed by atoms with E-state index in [-0.39, 0.29) is 5.92 Å². The summed E-state index contributed by atoms with van der Waals surface area (Å²) in [5.41, 5.74) is 2.34. The maximum absolute atomic E-state index is 12.3. The third-order valence-corrected chi connectivity index (χ3v) is 4.50. The third kappa shape index (κ3) is 4.87. The Morgan fingerprint density at radius 1 is 1.05 bits per heavy atom. The predicted octanol–water partition coefficient (Wildman–Crippen LogP) is 5.30. The summed E-state index contributed by atoms with van der Waals surface area (Å²) in [4.78, 5) is 12.3. The van der Waals surface area contributed by atoms with E-state index in [1.165, 1.54) is 50.5 Å². The minimum atomic E-state index is 0.0887. The van der Waals surface area contributed by atoms with Crippen LogP contribution in [0.3, 0.4) is 0 Å². The molecule has 21 heavy (non-hydrogen) atoms. The molecule has 0 aliphatic carbocycles. The molecule has 0 radical (unpaired) electrons. The zero-order valence-corrected chi connectivity index (χ0v) is 13.4. The van der Waals surface area contributed by atoms with E-state index >= 15 is 0 Å². The second-order valence-corrected chi connectivity index (χ2v) is 6.21. The summed E-state index contributed by atoms with van der Waals surface area (Å²) in [7, 11) is 0. The molecule has 1 aromatic rings. The van der Waals surface area contributed by atoms with Crippen LogP contribution in [0.1, 0.15) is 76.2 Å². The first-order chi connectivity index (χ1) is 10.3. The van der Waals surface area contributed by atoms with Crippen LogP contribution in [0, 0.1) is 0 Å². The number of ketones is 1. The van der Waals surface area contributed by atoms with Crippen LogP contribution in [-0.4, -0.2) is 12.3 Å². The quantitative estimate of drug-likeness (QED) is 0.592. The van der Waals surface area contributed by atoms with Crippen molar-refractivity contribution in [1.82, 2.24) is 0 Å². The first-order valence-electron chi connectivity index (χ1n) is 8.68. The molecule has 1 unspecified atom stereocenters. The molecular weight excluding hydrogens is 258 g/mol. The second-order valence-electron chi connectivity index (χ2n) is 6.21. The second kappa shape index (κ2) is 8.86. The number of hydrogen-bond acceptors (Lipinski definition) is 2. The van der Waals surface area contributed by atoms with E-state index in [0.717, 1.165) is 25.1 Å². The fourth-order valence-corrected chi connectivity index (χ4v) is 3.18. The highest BCUT2D eigenvalue weighted by molar-refractivity contribution is 5.89.